The molecule has 55 heavy (non-hydrogen) atoms. The lowest BCUT2D eigenvalue weighted by Crippen LogP contribution is -2.44. The third kappa shape index (κ3) is 10.5. The largest absolute Gasteiger partial charge is 0.377 e. The van der Waals surface area contributed by atoms with Gasteiger partial charge in [0.2, 0.25) is 0 Å². The second-order valence-corrected chi connectivity index (χ2v) is 19.1. The van der Waals surface area contributed by atoms with Gasteiger partial charge in [-0.2, -0.15) is 4.36 Å². The molecule has 6 aromatic rings. The fraction of sp³-hybridized carbons (Fsp3) is 0.389. The average molecular weight is 809 g/mol. The Balaban J connectivity index is 0.000000168. The average Bonchev–Trinajstić information content (AvgIpc) is 3.81. The van der Waals surface area contributed by atoms with E-state index in [0.717, 1.165) is 57.9 Å². The maximum Gasteiger partial charge on any atom is 0.167 e. The molecule has 2 saturated heterocycles. The van der Waals surface area contributed by atoms with E-state index in [4.69, 9.17) is 35.8 Å². The van der Waals surface area contributed by atoms with E-state index >= 15 is 0 Å². The number of ether oxygens (including phenoxy) is 2. The van der Waals surface area contributed by atoms with E-state index in [9.17, 15) is 8.42 Å². The van der Waals surface area contributed by atoms with Crippen LogP contribution in [0.5, 0.6) is 0 Å². The van der Waals surface area contributed by atoms with E-state index < -0.39 is 19.5 Å². The molecule has 0 amide bonds. The van der Waals surface area contributed by atoms with Crippen LogP contribution < -0.4 is 9.80 Å². The molecule has 0 saturated carbocycles. The Morgan fingerprint density at radius 2 is 1.24 bits per heavy atom. The topological polar surface area (TPSA) is 204 Å². The molecule has 0 spiro atoms. The van der Waals surface area contributed by atoms with Gasteiger partial charge in [0.1, 0.15) is 28.1 Å². The highest BCUT2D eigenvalue weighted by Gasteiger charge is 2.24. The molecule has 6 aromatic heterocycles. The summed E-state index contributed by atoms with van der Waals surface area (Å²) in [7, 11) is -4.51. The fourth-order valence-electron chi connectivity index (χ4n) is 6.08. The molecule has 2 aliphatic rings. The smallest absolute Gasteiger partial charge is 0.167 e. The van der Waals surface area contributed by atoms with Crippen molar-refractivity contribution in [3.63, 3.8) is 0 Å². The summed E-state index contributed by atoms with van der Waals surface area (Å²) in [5, 5.41) is 2.35. The van der Waals surface area contributed by atoms with Crippen molar-refractivity contribution in [2.45, 2.75) is 25.9 Å². The molecule has 8 heterocycles. The minimum atomic E-state index is -2.35. The summed E-state index contributed by atoms with van der Waals surface area (Å²) in [4.78, 5) is 37.8. The zero-order valence-electron chi connectivity index (χ0n) is 31.5. The molecule has 16 nitrogen and oxygen atoms in total. The van der Waals surface area contributed by atoms with Crippen molar-refractivity contribution in [2.24, 2.45) is 4.36 Å². The molecule has 0 aromatic carbocycles. The van der Waals surface area contributed by atoms with Gasteiger partial charge in [0, 0.05) is 116 Å². The second kappa shape index (κ2) is 16.9. The van der Waals surface area contributed by atoms with Crippen molar-refractivity contribution in [2.75, 3.05) is 74.3 Å². The number of halogens is 1. The van der Waals surface area contributed by atoms with E-state index in [1.807, 2.05) is 42.7 Å². The Bertz CT molecular complexity index is 2500. The van der Waals surface area contributed by atoms with Gasteiger partial charge in [0.15, 0.2) is 17.5 Å². The van der Waals surface area contributed by atoms with Crippen LogP contribution in [0.2, 0.25) is 5.15 Å². The van der Waals surface area contributed by atoms with Crippen LogP contribution in [-0.4, -0.2) is 125 Å². The van der Waals surface area contributed by atoms with Crippen LogP contribution in [0.15, 0.2) is 65.5 Å². The van der Waals surface area contributed by atoms with Gasteiger partial charge in [-0.05, 0) is 38.1 Å². The molecule has 292 valence electrons. The van der Waals surface area contributed by atoms with E-state index in [1.54, 1.807) is 31.0 Å². The van der Waals surface area contributed by atoms with Gasteiger partial charge in [-0.25, -0.2) is 34.1 Å². The van der Waals surface area contributed by atoms with Crippen LogP contribution in [0.25, 0.3) is 44.8 Å². The normalized spacial score (nSPS) is 17.7. The Morgan fingerprint density at radius 1 is 0.764 bits per heavy atom. The predicted molar refractivity (Wildman–Crippen MR) is 219 cm³/mol. The van der Waals surface area contributed by atoms with Gasteiger partial charge in [0.25, 0.3) is 0 Å². The van der Waals surface area contributed by atoms with Crippen LogP contribution in [0.1, 0.15) is 13.8 Å². The number of fused-ring (bicyclic) bond motifs is 2. The van der Waals surface area contributed by atoms with Crippen molar-refractivity contribution in [3.8, 4) is 22.8 Å². The molecular weight excluding hydrogens is 764 g/mol. The minimum absolute atomic E-state index is 0.187. The number of hydrogen-bond donors (Lipinski definition) is 3. The molecule has 2 fully saturated rings. The molecule has 2 aliphatic heterocycles. The standard InChI is InChI=1S/C18H22N6O2S.C16H16ClN5O.C2H7NOS/c1-12-11-26-9-8-24(12)16-10-15(23-27(2,3)25)21-18(22-16)14-5-7-20-17-13(14)4-6-19-17;1-10-9-23-7-6-22(10)14-8-13(17)20-16(21-14)12-3-5-19-15-11(12)2-4-18-15;1-5(2,3)4/h4-7,10,12H,8-9,11H2,1-3H3,(H,19,20);2-5,8,10H,6-7,9H2,1H3,(H,18,19);3H,1-2H3/t12-;10-;/m11./s1. The molecule has 0 bridgehead atoms. The molecule has 0 unspecified atom stereocenters. The Hall–Kier alpha value is -4.75. The number of nitrogens with one attached hydrogen (secondary N) is 3. The van der Waals surface area contributed by atoms with E-state index in [1.165, 1.54) is 12.5 Å². The van der Waals surface area contributed by atoms with Crippen LogP contribution in [-0.2, 0) is 28.9 Å². The van der Waals surface area contributed by atoms with Crippen molar-refractivity contribution < 1.29 is 17.9 Å². The molecular formula is C36H45ClN12O4S2. The van der Waals surface area contributed by atoms with Gasteiger partial charge in [-0.1, -0.05) is 11.6 Å². The van der Waals surface area contributed by atoms with Gasteiger partial charge in [-0.3, -0.25) is 8.99 Å². The maximum absolute atomic E-state index is 12.3. The predicted octanol–water partition coefficient (Wildman–Crippen LogP) is 5.80. The van der Waals surface area contributed by atoms with E-state index in [0.29, 0.717) is 49.0 Å². The zero-order valence-corrected chi connectivity index (χ0v) is 33.9. The lowest BCUT2D eigenvalue weighted by atomic mass is 10.1. The number of H-pyrrole nitrogens is 2. The summed E-state index contributed by atoms with van der Waals surface area (Å²) >= 11 is 6.26. The highest BCUT2D eigenvalue weighted by molar-refractivity contribution is 7.92. The summed E-state index contributed by atoms with van der Waals surface area (Å²) in [6, 6.07) is 11.8. The summed E-state index contributed by atoms with van der Waals surface area (Å²) in [5.74, 6) is 3.16. The number of morpholine rings is 2. The van der Waals surface area contributed by atoms with Gasteiger partial charge < -0.3 is 29.2 Å². The molecule has 19 heteroatoms. The van der Waals surface area contributed by atoms with Crippen LogP contribution in [0, 0.1) is 4.78 Å². The first-order valence-corrected chi connectivity index (χ1v) is 22.5. The first-order valence-electron chi connectivity index (χ1n) is 17.5. The first kappa shape index (κ1) is 39.9. The Kier molecular flexibility index (Phi) is 12.3. The number of hydrogen-bond acceptors (Lipinski definition) is 14. The minimum Gasteiger partial charge on any atom is -0.377 e. The van der Waals surface area contributed by atoms with Crippen molar-refractivity contribution in [1.29, 1.82) is 4.78 Å². The van der Waals surface area contributed by atoms with E-state index in [2.05, 4.69) is 57.9 Å². The first-order chi connectivity index (χ1) is 26.1. The monoisotopic (exact) mass is 808 g/mol. The molecule has 2 atom stereocenters. The SMILES string of the molecule is CS(C)(=N)=O.C[C@@H]1COCCN1c1cc(Cl)nc(-c2ccnc3[nH]ccc23)n1.C[C@@H]1COCCN1c1cc(N=S(C)(C)=O)nc(-c2ccnc3[nH]ccc23)n1. The highest BCUT2D eigenvalue weighted by Crippen LogP contribution is 2.31. The summed E-state index contributed by atoms with van der Waals surface area (Å²) in [6.07, 6.45) is 13.1. The molecule has 0 aliphatic carbocycles. The van der Waals surface area contributed by atoms with Gasteiger partial charge in [0.05, 0.1) is 38.5 Å². The maximum atomic E-state index is 12.3. The number of aromatic amines is 2. The van der Waals surface area contributed by atoms with Crippen LogP contribution in [0.3, 0.4) is 0 Å². The number of nitrogens with zero attached hydrogens (tertiary/aromatic N) is 9. The van der Waals surface area contributed by atoms with Crippen molar-refractivity contribution in [1.82, 2.24) is 39.9 Å². The van der Waals surface area contributed by atoms with Crippen LogP contribution in [0.4, 0.5) is 17.5 Å². The summed E-state index contributed by atoms with van der Waals surface area (Å²) in [6.45, 7) is 8.41. The second-order valence-electron chi connectivity index (χ2n) is 13.7. The third-order valence-corrected chi connectivity index (χ3v) is 9.24. The summed E-state index contributed by atoms with van der Waals surface area (Å²) < 4.78 is 43.9. The number of rotatable bonds is 5. The molecule has 8 rings (SSSR count). The number of aromatic nitrogens is 8. The lowest BCUT2D eigenvalue weighted by Gasteiger charge is -2.34. The third-order valence-electron chi connectivity index (χ3n) is 8.42. The molecule has 0 radical (unpaired) electrons. The quantitative estimate of drug-likeness (QED) is 0.177. The Labute approximate surface area is 325 Å². The lowest BCUT2D eigenvalue weighted by molar-refractivity contribution is 0.0985. The number of pyridine rings is 2. The van der Waals surface area contributed by atoms with Gasteiger partial charge in [-0.15, -0.1) is 0 Å². The van der Waals surface area contributed by atoms with E-state index in [-0.39, 0.29) is 12.1 Å². The Morgan fingerprint density at radius 3 is 1.71 bits per heavy atom. The zero-order chi connectivity index (χ0) is 39.3. The van der Waals surface area contributed by atoms with Crippen molar-refractivity contribution in [3.05, 3.63) is 66.3 Å². The van der Waals surface area contributed by atoms with Crippen LogP contribution >= 0.6 is 11.6 Å². The highest BCUT2D eigenvalue weighted by atomic mass is 35.5. The fourth-order valence-corrected chi connectivity index (χ4v) is 6.80. The molecule has 3 N–H and O–H groups in total. The van der Waals surface area contributed by atoms with Crippen molar-refractivity contribution >= 4 is 70.6 Å². The van der Waals surface area contributed by atoms with Gasteiger partial charge >= 0.3 is 0 Å². The number of anilines is 2. The summed E-state index contributed by atoms with van der Waals surface area (Å²) in [5.41, 5.74) is 3.36.